The van der Waals surface area contributed by atoms with Crippen molar-refractivity contribution in [1.82, 2.24) is 10.3 Å². The van der Waals surface area contributed by atoms with E-state index in [9.17, 15) is 4.79 Å². The van der Waals surface area contributed by atoms with Crippen molar-refractivity contribution < 1.29 is 0 Å². The van der Waals surface area contributed by atoms with E-state index in [0.29, 0.717) is 17.0 Å². The molecule has 0 saturated carbocycles. The molecule has 0 atom stereocenters. The van der Waals surface area contributed by atoms with Crippen LogP contribution in [0.1, 0.15) is 12.0 Å². The third-order valence-electron chi connectivity index (χ3n) is 1.59. The molecule has 0 unspecified atom stereocenters. The molecular weight excluding hydrogens is 200 g/mol. The minimum absolute atomic E-state index is 0.202. The molecule has 4 heteroatoms. The van der Waals surface area contributed by atoms with Gasteiger partial charge in [0, 0.05) is 19.2 Å². The number of pyridine rings is 1. The maximum atomic E-state index is 11.2. The van der Waals surface area contributed by atoms with Gasteiger partial charge in [-0.15, -0.1) is 0 Å². The van der Waals surface area contributed by atoms with Gasteiger partial charge in [-0.1, -0.05) is 23.4 Å². The molecule has 74 valence electrons. The fraction of sp³-hybridized carbons (Fsp3) is 0.300. The minimum atomic E-state index is -0.202. The van der Waals surface area contributed by atoms with Gasteiger partial charge < -0.3 is 10.3 Å². The average molecular weight is 211 g/mol. The highest BCUT2D eigenvalue weighted by molar-refractivity contribution is 6.30. The largest absolute Gasteiger partial charge is 0.327 e. The van der Waals surface area contributed by atoms with Crippen molar-refractivity contribution in [2.45, 2.75) is 6.42 Å². The van der Waals surface area contributed by atoms with E-state index in [1.165, 1.54) is 6.20 Å². The van der Waals surface area contributed by atoms with Crippen LogP contribution in [0.4, 0.5) is 0 Å². The summed E-state index contributed by atoms with van der Waals surface area (Å²) in [5.41, 5.74) is 0.208. The normalized spacial score (nSPS) is 9.29. The number of aromatic amines is 1. The van der Waals surface area contributed by atoms with Crippen LogP contribution in [0.5, 0.6) is 0 Å². The topological polar surface area (TPSA) is 44.9 Å². The Labute approximate surface area is 87.5 Å². The number of aromatic nitrogens is 1. The highest BCUT2D eigenvalue weighted by atomic mass is 35.5. The molecule has 0 spiro atoms. The Bertz CT molecular complexity index is 414. The lowest BCUT2D eigenvalue weighted by molar-refractivity contribution is 0.818. The second kappa shape index (κ2) is 5.48. The van der Waals surface area contributed by atoms with E-state index in [-0.39, 0.29) is 5.56 Å². The summed E-state index contributed by atoms with van der Waals surface area (Å²) in [6, 6.07) is 1.56. The zero-order valence-electron chi connectivity index (χ0n) is 7.86. The summed E-state index contributed by atoms with van der Waals surface area (Å²) in [5, 5.41) is 3.45. The Hall–Kier alpha value is -1.24. The van der Waals surface area contributed by atoms with E-state index in [1.807, 2.05) is 7.05 Å². The van der Waals surface area contributed by atoms with Crippen molar-refractivity contribution in [3.05, 3.63) is 33.2 Å². The van der Waals surface area contributed by atoms with Crippen molar-refractivity contribution >= 4 is 11.6 Å². The summed E-state index contributed by atoms with van der Waals surface area (Å²) < 4.78 is 0. The van der Waals surface area contributed by atoms with Crippen LogP contribution in [-0.2, 0) is 0 Å². The summed E-state index contributed by atoms with van der Waals surface area (Å²) in [6.07, 6.45) is 2.16. The van der Waals surface area contributed by atoms with E-state index in [4.69, 9.17) is 11.6 Å². The Morgan fingerprint density at radius 2 is 2.43 bits per heavy atom. The molecule has 2 N–H and O–H groups in total. The summed E-state index contributed by atoms with van der Waals surface area (Å²) in [6.45, 7) is 0.811. The van der Waals surface area contributed by atoms with Gasteiger partial charge in [0.05, 0.1) is 10.6 Å². The predicted octanol–water partition coefficient (Wildman–Crippen LogP) is 0.989. The molecule has 3 nitrogen and oxygen atoms in total. The molecule has 0 saturated heterocycles. The zero-order chi connectivity index (χ0) is 10.4. The Morgan fingerprint density at radius 3 is 3.14 bits per heavy atom. The van der Waals surface area contributed by atoms with Crippen LogP contribution in [0.2, 0.25) is 5.02 Å². The molecule has 0 aliphatic carbocycles. The molecule has 0 bridgehead atoms. The van der Waals surface area contributed by atoms with Gasteiger partial charge in [-0.2, -0.15) is 0 Å². The summed E-state index contributed by atoms with van der Waals surface area (Å²) in [5.74, 6) is 5.65. The monoisotopic (exact) mass is 210 g/mol. The molecule has 0 aliphatic rings. The molecule has 0 radical (unpaired) electrons. The first-order chi connectivity index (χ1) is 6.74. The summed E-state index contributed by atoms with van der Waals surface area (Å²) in [4.78, 5) is 13.7. The van der Waals surface area contributed by atoms with Crippen LogP contribution in [-0.4, -0.2) is 18.6 Å². The number of hydrogen-bond donors (Lipinski definition) is 2. The third-order valence-corrected chi connectivity index (χ3v) is 1.81. The number of H-pyrrole nitrogens is 1. The van der Waals surface area contributed by atoms with Gasteiger partial charge in [-0.3, -0.25) is 4.79 Å². The van der Waals surface area contributed by atoms with E-state index in [1.54, 1.807) is 6.07 Å². The fourth-order valence-electron chi connectivity index (χ4n) is 0.895. The first kappa shape index (κ1) is 10.8. The summed E-state index contributed by atoms with van der Waals surface area (Å²) >= 11 is 5.71. The standard InChI is InChI=1S/C10H11ClN2O/c1-12-5-3-2-4-8-6-9(11)7-13-10(8)14/h6-7,12H,3,5H2,1H3,(H,13,14). The molecule has 1 aromatic heterocycles. The Kier molecular flexibility index (Phi) is 4.24. The highest BCUT2D eigenvalue weighted by Crippen LogP contribution is 2.03. The van der Waals surface area contributed by atoms with E-state index < -0.39 is 0 Å². The highest BCUT2D eigenvalue weighted by Gasteiger charge is 1.95. The van der Waals surface area contributed by atoms with Crippen molar-refractivity contribution in [2.24, 2.45) is 0 Å². The number of halogens is 1. The molecule has 1 aromatic rings. The van der Waals surface area contributed by atoms with Crippen LogP contribution in [0.25, 0.3) is 0 Å². The molecule has 1 heterocycles. The third kappa shape index (κ3) is 3.25. The number of nitrogens with one attached hydrogen (secondary N) is 2. The van der Waals surface area contributed by atoms with Gasteiger partial charge in [0.1, 0.15) is 0 Å². The maximum absolute atomic E-state index is 11.2. The lowest BCUT2D eigenvalue weighted by atomic mass is 10.2. The van der Waals surface area contributed by atoms with Crippen molar-refractivity contribution in [1.29, 1.82) is 0 Å². The molecule has 0 aliphatic heterocycles. The average Bonchev–Trinajstić information content (AvgIpc) is 2.18. The second-order valence-corrected chi connectivity index (χ2v) is 3.15. The maximum Gasteiger partial charge on any atom is 0.263 e. The number of hydrogen-bond acceptors (Lipinski definition) is 2. The van der Waals surface area contributed by atoms with Crippen molar-refractivity contribution in [3.63, 3.8) is 0 Å². The quantitative estimate of drug-likeness (QED) is 0.565. The van der Waals surface area contributed by atoms with Crippen LogP contribution in [0, 0.1) is 11.8 Å². The van der Waals surface area contributed by atoms with Crippen LogP contribution in [0.3, 0.4) is 0 Å². The SMILES string of the molecule is CNCCC#Cc1cc(Cl)c[nH]c1=O. The first-order valence-corrected chi connectivity index (χ1v) is 4.63. The van der Waals surface area contributed by atoms with E-state index in [0.717, 1.165) is 6.54 Å². The van der Waals surface area contributed by atoms with Crippen molar-refractivity contribution in [2.75, 3.05) is 13.6 Å². The van der Waals surface area contributed by atoms with Gasteiger partial charge in [0.2, 0.25) is 0 Å². The number of rotatable bonds is 2. The molecule has 1 rings (SSSR count). The van der Waals surface area contributed by atoms with Gasteiger partial charge in [0.15, 0.2) is 0 Å². The van der Waals surface area contributed by atoms with Crippen LogP contribution in [0.15, 0.2) is 17.1 Å². The lowest BCUT2D eigenvalue weighted by Gasteiger charge is -1.91. The van der Waals surface area contributed by atoms with E-state index in [2.05, 4.69) is 22.1 Å². The van der Waals surface area contributed by atoms with Crippen LogP contribution < -0.4 is 10.9 Å². The van der Waals surface area contributed by atoms with Gasteiger partial charge >= 0.3 is 0 Å². The molecule has 14 heavy (non-hydrogen) atoms. The first-order valence-electron chi connectivity index (χ1n) is 4.25. The van der Waals surface area contributed by atoms with Crippen molar-refractivity contribution in [3.8, 4) is 11.8 Å². The van der Waals surface area contributed by atoms with Crippen LogP contribution >= 0.6 is 11.6 Å². The van der Waals surface area contributed by atoms with Gasteiger partial charge in [-0.25, -0.2) is 0 Å². The summed E-state index contributed by atoms with van der Waals surface area (Å²) in [7, 11) is 1.86. The molecule has 0 aromatic carbocycles. The second-order valence-electron chi connectivity index (χ2n) is 2.72. The smallest absolute Gasteiger partial charge is 0.263 e. The predicted molar refractivity (Wildman–Crippen MR) is 57.5 cm³/mol. The lowest BCUT2D eigenvalue weighted by Crippen LogP contribution is -2.09. The zero-order valence-corrected chi connectivity index (χ0v) is 8.61. The fourth-order valence-corrected chi connectivity index (χ4v) is 1.06. The molecular formula is C10H11ClN2O. The van der Waals surface area contributed by atoms with E-state index >= 15 is 0 Å². The Balaban J connectivity index is 2.78. The minimum Gasteiger partial charge on any atom is -0.327 e. The Morgan fingerprint density at radius 1 is 1.64 bits per heavy atom. The molecule has 0 fully saturated rings. The van der Waals surface area contributed by atoms with Gasteiger partial charge in [0.25, 0.3) is 5.56 Å². The van der Waals surface area contributed by atoms with Gasteiger partial charge in [-0.05, 0) is 13.1 Å². The molecule has 0 amide bonds.